The van der Waals surface area contributed by atoms with Crippen LogP contribution in [0.4, 0.5) is 46.0 Å². The van der Waals surface area contributed by atoms with Crippen molar-refractivity contribution in [2.75, 3.05) is 0 Å². The molecule has 4 aromatic rings. The number of halogens is 14. The number of rotatable bonds is 4. The smallest absolute Gasteiger partial charge is 0.0619 e. The molecule has 0 unspecified atom stereocenters. The van der Waals surface area contributed by atoms with Gasteiger partial charge in [0.25, 0.3) is 0 Å². The van der Waals surface area contributed by atoms with Crippen LogP contribution < -0.4 is 42.4 Å². The normalized spacial score (nSPS) is 14.4. The second-order valence-electron chi connectivity index (χ2n) is 8.29. The average molecular weight is 924 g/mol. The van der Waals surface area contributed by atoms with E-state index < -0.39 is 22.0 Å². The van der Waals surface area contributed by atoms with E-state index in [0.29, 0.717) is 0 Å². The minimum absolute atomic E-state index is 0.00313. The predicted octanol–water partition coefficient (Wildman–Crippen LogP) is 5.77. The van der Waals surface area contributed by atoms with Crippen LogP contribution in [-0.4, -0.2) is 14.2 Å². The van der Waals surface area contributed by atoms with Crippen molar-refractivity contribution in [3.63, 3.8) is 0 Å². The van der Waals surface area contributed by atoms with Crippen molar-refractivity contribution in [3.8, 4) is 0 Å². The Morgan fingerprint density at radius 2 is 0.595 bits per heavy atom. The maximum atomic E-state index is 9.91. The van der Waals surface area contributed by atoms with Crippen LogP contribution in [0.3, 0.4) is 0 Å². The van der Waals surface area contributed by atoms with E-state index in [1.807, 2.05) is 0 Å². The van der Waals surface area contributed by atoms with Gasteiger partial charge in [0.2, 0.25) is 0 Å². The van der Waals surface area contributed by atoms with Crippen molar-refractivity contribution >= 4 is 22.0 Å². The van der Waals surface area contributed by atoms with Crippen LogP contribution in [0, 0.1) is 28.1 Å². The third kappa shape index (κ3) is 30.0. The van der Waals surface area contributed by atoms with Gasteiger partial charge in [-0.05, 0) is 62.4 Å². The summed E-state index contributed by atoms with van der Waals surface area (Å²) in [6.07, 6.45) is 0. The molecule has 4 aromatic carbocycles. The second kappa shape index (κ2) is 13.2. The summed E-state index contributed by atoms with van der Waals surface area (Å²) in [7, 11) is -10.7. The molecule has 0 spiro atoms. The molecule has 236 valence electrons. The van der Waals surface area contributed by atoms with Crippen molar-refractivity contribution in [2.24, 2.45) is 0 Å². The molecule has 0 radical (unpaired) electrons. The zero-order chi connectivity index (χ0) is 32.4. The molecule has 0 saturated heterocycles. The summed E-state index contributed by atoms with van der Waals surface area (Å²) in [6, 6.07) is 39.2. The first-order chi connectivity index (χ1) is 18.6. The van der Waals surface area contributed by atoms with Gasteiger partial charge < -0.3 is 0 Å². The zero-order valence-electron chi connectivity index (χ0n) is 21.6. The molecule has 0 N–H and O–H groups in total. The molecule has 0 fully saturated rings. The second-order valence-corrected chi connectivity index (χ2v) is 20.3. The van der Waals surface area contributed by atoms with Gasteiger partial charge in [-0.1, -0.05) is 71.8 Å². The summed E-state index contributed by atoms with van der Waals surface area (Å²) < 4.78 is 125. The van der Waals surface area contributed by atoms with E-state index in [9.17, 15) is 46.0 Å². The number of hydrogen-bond donors (Lipinski definition) is 0. The number of benzene rings is 4. The van der Waals surface area contributed by atoms with E-state index in [0.717, 1.165) is 0 Å². The molecule has 16 heteroatoms. The summed E-state index contributed by atoms with van der Waals surface area (Å²) in [5.41, 5.74) is 2.68. The van der Waals surface area contributed by atoms with Crippen molar-refractivity contribution in [1.29, 1.82) is 0 Å². The third-order valence-corrected chi connectivity index (χ3v) is 9.29. The van der Waals surface area contributed by atoms with Crippen LogP contribution in [0.5, 0.6) is 0 Å². The minimum Gasteiger partial charge on any atom is -0.0619 e. The first kappa shape index (κ1) is 38.5. The van der Waals surface area contributed by atoms with Crippen molar-refractivity contribution in [3.05, 3.63) is 135 Å². The first-order valence-corrected chi connectivity index (χ1v) is 21.8. The Bertz CT molecular complexity index is 1250. The van der Waals surface area contributed by atoms with E-state index in [2.05, 4.69) is 123 Å². The Hall–Kier alpha value is -1.51. The fourth-order valence-electron chi connectivity index (χ4n) is 2.40. The fourth-order valence-corrected chi connectivity index (χ4v) is 6.83. The van der Waals surface area contributed by atoms with E-state index in [4.69, 9.17) is 0 Å². The SMILES string of the molecule is Cc1ccc([I+]c2ccc(C)cc2)cc1.F[As-](F)(F)(F)(F)F.F[P-](F)(F)(F)(F)F.c1ccc([I+]c2ccccc2)cc1. The van der Waals surface area contributed by atoms with Gasteiger partial charge in [0, 0.05) is 0 Å². The molecule has 0 amide bonds. The van der Waals surface area contributed by atoms with Gasteiger partial charge in [-0.2, -0.15) is 0 Å². The molecule has 0 aliphatic rings. The quantitative estimate of drug-likeness (QED) is 0.106. The fraction of sp³-hybridized carbons (Fsp3) is 0.0769. The van der Waals surface area contributed by atoms with E-state index in [-0.39, 0.29) is 42.4 Å². The number of hydrogen-bond acceptors (Lipinski definition) is 0. The average Bonchev–Trinajstić information content (AvgIpc) is 2.80. The minimum atomic E-state index is -11.1. The number of aryl methyl sites for hydroxylation is 2. The Kier molecular flexibility index (Phi) is 12.1. The molecule has 4 rings (SSSR count). The maximum absolute atomic E-state index is 11.1. The monoisotopic (exact) mass is 924 g/mol. The molecule has 0 atom stereocenters. The van der Waals surface area contributed by atoms with Crippen LogP contribution in [-0.2, 0) is 0 Å². The van der Waals surface area contributed by atoms with Crippen LogP contribution in [0.1, 0.15) is 11.1 Å². The Morgan fingerprint density at radius 1 is 0.405 bits per heavy atom. The van der Waals surface area contributed by atoms with E-state index >= 15 is 0 Å². The van der Waals surface area contributed by atoms with Gasteiger partial charge >= 0.3 is 110 Å². The van der Waals surface area contributed by atoms with Gasteiger partial charge in [-0.15, -0.1) is 0 Å². The summed E-state index contributed by atoms with van der Waals surface area (Å²) in [5.74, 6) is 0. The molecule has 0 aliphatic carbocycles. The third-order valence-electron chi connectivity index (χ3n) is 3.92. The molecule has 0 saturated carbocycles. The maximum Gasteiger partial charge on any atom is 0.357 e. The van der Waals surface area contributed by atoms with Crippen LogP contribution >= 0.6 is 7.81 Å². The van der Waals surface area contributed by atoms with Crippen molar-refractivity contribution < 1.29 is 88.4 Å². The summed E-state index contributed by atoms with van der Waals surface area (Å²) >= 11 is -11.0. The van der Waals surface area contributed by atoms with Crippen molar-refractivity contribution in [1.82, 2.24) is 0 Å². The summed E-state index contributed by atoms with van der Waals surface area (Å²) in [6.45, 7) is 4.27. The molecule has 0 bridgehead atoms. The van der Waals surface area contributed by atoms with Crippen LogP contribution in [0.25, 0.3) is 0 Å². The molecule has 0 aromatic heterocycles. The van der Waals surface area contributed by atoms with Gasteiger partial charge in [0.15, 0.2) is 14.3 Å². The molecule has 42 heavy (non-hydrogen) atoms. The Balaban J connectivity index is 0.000000298. The standard InChI is InChI=1S/C14H14I.C12H10I.AsF6.F6P/c1-11-3-7-13(8-4-11)15-14-9-5-12(2)6-10-14;1-3-7-11(8-4-1)13-12-9-5-2-6-10-12;2-1(3,4,5,6)7;1-7(2,3,4,5)6/h3-10H,1-2H3;1-10H;;/q2*+1;2*-1. The van der Waals surface area contributed by atoms with Crippen LogP contribution in [0.2, 0.25) is 0 Å². The van der Waals surface area contributed by atoms with Gasteiger partial charge in [0.05, 0.1) is 0 Å². The molecule has 0 heterocycles. The molecular weight excluding hydrogens is 900 g/mol. The van der Waals surface area contributed by atoms with Gasteiger partial charge in [0.1, 0.15) is 0 Å². The topological polar surface area (TPSA) is 0 Å². The van der Waals surface area contributed by atoms with Crippen LogP contribution in [0.15, 0.2) is 109 Å². The van der Waals surface area contributed by atoms with E-state index in [1.54, 1.807) is 0 Å². The summed E-state index contributed by atoms with van der Waals surface area (Å²) in [5, 5.41) is 0. The first-order valence-electron chi connectivity index (χ1n) is 11.2. The largest absolute Gasteiger partial charge is 0.357 e. The summed E-state index contributed by atoms with van der Waals surface area (Å²) in [4.78, 5) is 0. The zero-order valence-corrected chi connectivity index (χ0v) is 28.7. The van der Waals surface area contributed by atoms with E-state index in [1.165, 1.54) is 25.4 Å². The Morgan fingerprint density at radius 3 is 0.810 bits per heavy atom. The van der Waals surface area contributed by atoms with Gasteiger partial charge in [-0.25, -0.2) is 0 Å². The Labute approximate surface area is 257 Å². The molecule has 0 aliphatic heterocycles. The molecular formula is C26H24AsF12I2P. The predicted molar refractivity (Wildman–Crippen MR) is 136 cm³/mol. The van der Waals surface area contributed by atoms with Gasteiger partial charge in [-0.3, -0.25) is 0 Å². The molecule has 0 nitrogen and oxygen atoms in total. The van der Waals surface area contributed by atoms with Crippen molar-refractivity contribution in [2.45, 2.75) is 13.8 Å².